The summed E-state index contributed by atoms with van der Waals surface area (Å²) in [4.78, 5) is 0. The monoisotopic (exact) mass is 166 g/mol. The Labute approximate surface area is 76.7 Å². The lowest BCUT2D eigenvalue weighted by Gasteiger charge is -2.22. The van der Waals surface area contributed by atoms with E-state index in [2.05, 4.69) is 13.8 Å². The van der Waals surface area contributed by atoms with Gasteiger partial charge in [0.2, 0.25) is 0 Å². The molecule has 0 spiro atoms. The van der Waals surface area contributed by atoms with Gasteiger partial charge in [-0.2, -0.15) is 0 Å². The average Bonchev–Trinajstić information content (AvgIpc) is 2.84. The lowest BCUT2D eigenvalue weighted by Crippen LogP contribution is -2.10. The summed E-state index contributed by atoms with van der Waals surface area (Å²) >= 11 is 0. The zero-order chi connectivity index (χ0) is 8.55. The number of hydrogen-bond acceptors (Lipinski definition) is 0. The van der Waals surface area contributed by atoms with Gasteiger partial charge < -0.3 is 0 Å². The summed E-state index contributed by atoms with van der Waals surface area (Å²) in [5.74, 6) is 4.33. The van der Waals surface area contributed by atoms with Crippen LogP contribution in [-0.4, -0.2) is 0 Å². The SMILES string of the molecule is CC(C)C1CC1C1CCCCC1. The van der Waals surface area contributed by atoms with Crippen molar-refractivity contribution in [2.75, 3.05) is 0 Å². The molecule has 2 unspecified atom stereocenters. The molecule has 0 N–H and O–H groups in total. The fraction of sp³-hybridized carbons (Fsp3) is 1.00. The van der Waals surface area contributed by atoms with E-state index in [1.807, 2.05) is 0 Å². The highest BCUT2D eigenvalue weighted by atomic mass is 14.5. The van der Waals surface area contributed by atoms with E-state index in [1.54, 1.807) is 19.3 Å². The van der Waals surface area contributed by atoms with E-state index >= 15 is 0 Å². The quantitative estimate of drug-likeness (QED) is 0.584. The van der Waals surface area contributed by atoms with Gasteiger partial charge in [0.15, 0.2) is 0 Å². The second-order valence-corrected chi connectivity index (χ2v) is 5.21. The fourth-order valence-electron chi connectivity index (χ4n) is 3.11. The molecule has 70 valence electrons. The summed E-state index contributed by atoms with van der Waals surface area (Å²) in [6, 6.07) is 0. The van der Waals surface area contributed by atoms with Crippen molar-refractivity contribution < 1.29 is 0 Å². The highest BCUT2D eigenvalue weighted by Gasteiger charge is 2.43. The molecule has 0 aliphatic heterocycles. The molecule has 2 saturated carbocycles. The standard InChI is InChI=1S/C12H22/c1-9(2)11-8-12(11)10-6-4-3-5-7-10/h9-12H,3-8H2,1-2H3. The maximum atomic E-state index is 2.40. The maximum Gasteiger partial charge on any atom is -0.0352 e. The molecule has 0 bridgehead atoms. The van der Waals surface area contributed by atoms with Crippen molar-refractivity contribution in [1.29, 1.82) is 0 Å². The Morgan fingerprint density at radius 3 is 2.17 bits per heavy atom. The van der Waals surface area contributed by atoms with E-state index in [4.69, 9.17) is 0 Å². The molecule has 0 saturated heterocycles. The number of hydrogen-bond donors (Lipinski definition) is 0. The van der Waals surface area contributed by atoms with Crippen molar-refractivity contribution in [3.05, 3.63) is 0 Å². The van der Waals surface area contributed by atoms with Crippen LogP contribution in [0.5, 0.6) is 0 Å². The van der Waals surface area contributed by atoms with Crippen LogP contribution < -0.4 is 0 Å². The van der Waals surface area contributed by atoms with Gasteiger partial charge in [-0.15, -0.1) is 0 Å². The molecular weight excluding hydrogens is 144 g/mol. The molecule has 0 aromatic rings. The topological polar surface area (TPSA) is 0 Å². The van der Waals surface area contributed by atoms with Crippen LogP contribution in [0.3, 0.4) is 0 Å². The van der Waals surface area contributed by atoms with Crippen LogP contribution in [-0.2, 0) is 0 Å². The maximum absolute atomic E-state index is 2.40. The first kappa shape index (κ1) is 8.59. The minimum absolute atomic E-state index is 0.955. The highest BCUT2D eigenvalue weighted by Crippen LogP contribution is 2.52. The van der Waals surface area contributed by atoms with Crippen LogP contribution in [0.2, 0.25) is 0 Å². The zero-order valence-corrected chi connectivity index (χ0v) is 8.55. The van der Waals surface area contributed by atoms with Gasteiger partial charge in [-0.05, 0) is 30.1 Å². The Morgan fingerprint density at radius 1 is 1.00 bits per heavy atom. The predicted molar refractivity (Wildman–Crippen MR) is 53.0 cm³/mol. The first-order valence-electron chi connectivity index (χ1n) is 5.79. The third-order valence-electron chi connectivity index (χ3n) is 4.00. The van der Waals surface area contributed by atoms with E-state index in [0.717, 1.165) is 23.7 Å². The van der Waals surface area contributed by atoms with Gasteiger partial charge in [-0.3, -0.25) is 0 Å². The molecule has 2 aliphatic carbocycles. The lowest BCUT2D eigenvalue weighted by atomic mass is 9.84. The average molecular weight is 166 g/mol. The molecule has 0 radical (unpaired) electrons. The minimum atomic E-state index is 0.955. The van der Waals surface area contributed by atoms with E-state index < -0.39 is 0 Å². The second kappa shape index (κ2) is 3.40. The first-order valence-corrected chi connectivity index (χ1v) is 5.79. The normalized spacial score (nSPS) is 37.2. The molecule has 0 nitrogen and oxygen atoms in total. The van der Waals surface area contributed by atoms with Crippen molar-refractivity contribution in [3.8, 4) is 0 Å². The molecule has 12 heavy (non-hydrogen) atoms. The summed E-state index contributed by atoms with van der Waals surface area (Å²) in [6.45, 7) is 4.79. The fourth-order valence-corrected chi connectivity index (χ4v) is 3.11. The summed E-state index contributed by atoms with van der Waals surface area (Å²) in [5.41, 5.74) is 0. The second-order valence-electron chi connectivity index (χ2n) is 5.21. The highest BCUT2D eigenvalue weighted by molar-refractivity contribution is 4.93. The van der Waals surface area contributed by atoms with Gasteiger partial charge in [0, 0.05) is 0 Å². The van der Waals surface area contributed by atoms with E-state index in [0.29, 0.717) is 0 Å². The third-order valence-corrected chi connectivity index (χ3v) is 4.00. The molecule has 0 aromatic heterocycles. The smallest absolute Gasteiger partial charge is 0.0352 e. The Morgan fingerprint density at radius 2 is 1.67 bits per heavy atom. The Balaban J connectivity index is 1.79. The van der Waals surface area contributed by atoms with Crippen LogP contribution in [0.15, 0.2) is 0 Å². The molecular formula is C12H22. The zero-order valence-electron chi connectivity index (χ0n) is 8.55. The van der Waals surface area contributed by atoms with Gasteiger partial charge in [-0.25, -0.2) is 0 Å². The lowest BCUT2D eigenvalue weighted by molar-refractivity contribution is 0.297. The molecule has 2 rings (SSSR count). The summed E-state index contributed by atoms with van der Waals surface area (Å²) < 4.78 is 0. The van der Waals surface area contributed by atoms with Gasteiger partial charge >= 0.3 is 0 Å². The minimum Gasteiger partial charge on any atom is -0.0625 e. The Kier molecular flexibility index (Phi) is 2.43. The molecule has 2 fully saturated rings. The molecule has 0 amide bonds. The van der Waals surface area contributed by atoms with Crippen molar-refractivity contribution in [3.63, 3.8) is 0 Å². The van der Waals surface area contributed by atoms with Crippen LogP contribution in [0, 0.1) is 23.7 Å². The summed E-state index contributed by atoms with van der Waals surface area (Å²) in [7, 11) is 0. The molecule has 2 aliphatic rings. The largest absolute Gasteiger partial charge is 0.0625 e. The van der Waals surface area contributed by atoms with E-state index in [1.165, 1.54) is 19.3 Å². The summed E-state index contributed by atoms with van der Waals surface area (Å²) in [5, 5.41) is 0. The predicted octanol–water partition coefficient (Wildman–Crippen LogP) is 3.86. The van der Waals surface area contributed by atoms with Crippen molar-refractivity contribution >= 4 is 0 Å². The van der Waals surface area contributed by atoms with E-state index in [9.17, 15) is 0 Å². The summed E-state index contributed by atoms with van der Waals surface area (Å²) in [6.07, 6.45) is 9.21. The van der Waals surface area contributed by atoms with E-state index in [-0.39, 0.29) is 0 Å². The molecule has 0 heterocycles. The van der Waals surface area contributed by atoms with Crippen LogP contribution in [0.25, 0.3) is 0 Å². The Hall–Kier alpha value is 0. The van der Waals surface area contributed by atoms with Crippen LogP contribution >= 0.6 is 0 Å². The van der Waals surface area contributed by atoms with Crippen molar-refractivity contribution in [2.45, 2.75) is 52.4 Å². The van der Waals surface area contributed by atoms with Crippen molar-refractivity contribution in [2.24, 2.45) is 23.7 Å². The molecule has 0 heteroatoms. The van der Waals surface area contributed by atoms with Crippen molar-refractivity contribution in [1.82, 2.24) is 0 Å². The first-order chi connectivity index (χ1) is 5.79. The van der Waals surface area contributed by atoms with Gasteiger partial charge in [0.1, 0.15) is 0 Å². The van der Waals surface area contributed by atoms with Crippen LogP contribution in [0.1, 0.15) is 52.4 Å². The molecule has 2 atom stereocenters. The van der Waals surface area contributed by atoms with Gasteiger partial charge in [0.25, 0.3) is 0 Å². The third kappa shape index (κ3) is 1.67. The van der Waals surface area contributed by atoms with Gasteiger partial charge in [-0.1, -0.05) is 46.0 Å². The molecule has 0 aromatic carbocycles. The Bertz CT molecular complexity index is 142. The van der Waals surface area contributed by atoms with Crippen LogP contribution in [0.4, 0.5) is 0 Å². The number of rotatable bonds is 2. The van der Waals surface area contributed by atoms with Gasteiger partial charge in [0.05, 0.1) is 0 Å².